The summed E-state index contributed by atoms with van der Waals surface area (Å²) < 4.78 is 2.28. The molecule has 0 saturated heterocycles. The van der Waals surface area contributed by atoms with Gasteiger partial charge in [-0.25, -0.2) is 15.0 Å². The third-order valence-corrected chi connectivity index (χ3v) is 9.94. The Balaban J connectivity index is 1.21. The van der Waals surface area contributed by atoms with Crippen LogP contribution in [0.25, 0.3) is 73.0 Å². The van der Waals surface area contributed by atoms with Gasteiger partial charge in [0.1, 0.15) is 5.69 Å². The maximum absolute atomic E-state index is 5.11. The van der Waals surface area contributed by atoms with Crippen molar-refractivity contribution in [2.75, 3.05) is 4.90 Å². The molecule has 0 fully saturated rings. The number of rotatable bonds is 8. The first kappa shape index (κ1) is 32.8. The molecule has 4 aromatic heterocycles. The summed E-state index contributed by atoms with van der Waals surface area (Å²) in [6.45, 7) is 0. The summed E-state index contributed by atoms with van der Waals surface area (Å²) in [4.78, 5) is 27.6. The third-order valence-electron chi connectivity index (χ3n) is 9.94. The molecule has 56 heavy (non-hydrogen) atoms. The maximum atomic E-state index is 5.11. The normalized spacial score (nSPS) is 11.2. The van der Waals surface area contributed by atoms with Crippen LogP contribution >= 0.6 is 0 Å². The SMILES string of the molecule is c1ccc(-c2nc(-c3ccccc3)nc(-c3nccc4c3c3c(-c5ccc(N(c6ccccc6)c6ccccc6)cc5)nccc3n4-c3ccccc3)n2)cc1. The topological polar surface area (TPSA) is 72.6 Å². The highest BCUT2D eigenvalue weighted by molar-refractivity contribution is 6.19. The molecule has 0 aliphatic heterocycles. The zero-order chi connectivity index (χ0) is 37.3. The first-order valence-corrected chi connectivity index (χ1v) is 18.5. The lowest BCUT2D eigenvalue weighted by Gasteiger charge is -2.25. The highest BCUT2D eigenvalue weighted by atomic mass is 15.1. The van der Waals surface area contributed by atoms with Gasteiger partial charge in [-0.3, -0.25) is 9.97 Å². The number of anilines is 3. The van der Waals surface area contributed by atoms with Crippen LogP contribution in [0, 0.1) is 0 Å². The number of aromatic nitrogens is 6. The molecule has 0 atom stereocenters. The second-order valence-corrected chi connectivity index (χ2v) is 13.4. The molecule has 7 heteroatoms. The first-order valence-electron chi connectivity index (χ1n) is 18.5. The fourth-order valence-corrected chi connectivity index (χ4v) is 7.43. The minimum Gasteiger partial charge on any atom is -0.311 e. The van der Waals surface area contributed by atoms with Gasteiger partial charge in [-0.05, 0) is 60.7 Å². The van der Waals surface area contributed by atoms with E-state index in [0.717, 1.165) is 66.9 Å². The number of fused-ring (bicyclic) bond motifs is 3. The van der Waals surface area contributed by atoms with Crippen molar-refractivity contribution < 1.29 is 0 Å². The number of nitrogens with zero attached hydrogens (tertiary/aromatic N) is 7. The Morgan fingerprint density at radius 3 is 1.27 bits per heavy atom. The summed E-state index contributed by atoms with van der Waals surface area (Å²) in [7, 11) is 0. The van der Waals surface area contributed by atoms with Crippen molar-refractivity contribution in [3.63, 3.8) is 0 Å². The van der Waals surface area contributed by atoms with Crippen molar-refractivity contribution >= 4 is 38.9 Å². The molecule has 10 rings (SSSR count). The van der Waals surface area contributed by atoms with E-state index in [-0.39, 0.29) is 0 Å². The van der Waals surface area contributed by atoms with E-state index in [9.17, 15) is 0 Å². The molecule has 0 unspecified atom stereocenters. The third kappa shape index (κ3) is 5.94. The van der Waals surface area contributed by atoms with Crippen LogP contribution in [-0.2, 0) is 0 Å². The van der Waals surface area contributed by atoms with Crippen LogP contribution in [0.15, 0.2) is 200 Å². The van der Waals surface area contributed by atoms with Gasteiger partial charge in [0.25, 0.3) is 0 Å². The molecule has 0 N–H and O–H groups in total. The summed E-state index contributed by atoms with van der Waals surface area (Å²) in [5.74, 6) is 1.65. The Morgan fingerprint density at radius 1 is 0.339 bits per heavy atom. The molecule has 7 nitrogen and oxygen atoms in total. The van der Waals surface area contributed by atoms with E-state index in [2.05, 4.69) is 119 Å². The average Bonchev–Trinajstić information content (AvgIpc) is 3.63. The summed E-state index contributed by atoms with van der Waals surface area (Å²) in [6, 6.07) is 64.1. The fourth-order valence-electron chi connectivity index (χ4n) is 7.43. The Morgan fingerprint density at radius 2 is 0.750 bits per heavy atom. The van der Waals surface area contributed by atoms with Crippen LogP contribution in [0.1, 0.15) is 0 Å². The minimum atomic E-state index is 0.488. The lowest BCUT2D eigenvalue weighted by molar-refractivity contribution is 1.06. The van der Waals surface area contributed by atoms with Crippen LogP contribution in [0.3, 0.4) is 0 Å². The molecule has 4 heterocycles. The summed E-state index contributed by atoms with van der Waals surface area (Å²) in [5, 5.41) is 1.88. The predicted octanol–water partition coefficient (Wildman–Crippen LogP) is 11.9. The second kappa shape index (κ2) is 14.2. The number of hydrogen-bond donors (Lipinski definition) is 0. The molecule has 264 valence electrons. The van der Waals surface area contributed by atoms with Crippen molar-refractivity contribution in [1.82, 2.24) is 29.5 Å². The largest absolute Gasteiger partial charge is 0.311 e. The monoisotopic (exact) mass is 719 g/mol. The molecule has 0 radical (unpaired) electrons. The zero-order valence-corrected chi connectivity index (χ0v) is 30.2. The van der Waals surface area contributed by atoms with Crippen molar-refractivity contribution in [3.8, 4) is 51.2 Å². The van der Waals surface area contributed by atoms with Gasteiger partial charge >= 0.3 is 0 Å². The van der Waals surface area contributed by atoms with E-state index in [1.165, 1.54) is 0 Å². The van der Waals surface area contributed by atoms with Gasteiger partial charge < -0.3 is 9.47 Å². The van der Waals surface area contributed by atoms with Crippen LogP contribution < -0.4 is 4.90 Å². The molecule has 0 aliphatic carbocycles. The summed E-state index contributed by atoms with van der Waals surface area (Å²) in [6.07, 6.45) is 3.73. The average molecular weight is 720 g/mol. The standard InChI is InChI=1S/C49H33N7/c1-6-16-35(17-7-1)47-52-48(36-18-8-2-9-19-36)54-49(53-47)46-44-42(31-33-51-46)56(39-24-14-5-15-25-39)41-30-32-50-45(43(41)44)34-26-28-40(29-27-34)55(37-20-10-3-11-21-37)38-22-12-4-13-23-38/h1-33H. The van der Waals surface area contributed by atoms with Gasteiger partial charge in [-0.2, -0.15) is 0 Å². The van der Waals surface area contributed by atoms with E-state index >= 15 is 0 Å². The number of hydrogen-bond acceptors (Lipinski definition) is 6. The lowest BCUT2D eigenvalue weighted by atomic mass is 10.0. The molecule has 0 bridgehead atoms. The number of para-hydroxylation sites is 3. The molecule has 10 aromatic rings. The van der Waals surface area contributed by atoms with Crippen molar-refractivity contribution in [2.24, 2.45) is 0 Å². The Bertz CT molecular complexity index is 2840. The van der Waals surface area contributed by atoms with Crippen molar-refractivity contribution in [3.05, 3.63) is 200 Å². The zero-order valence-electron chi connectivity index (χ0n) is 30.2. The van der Waals surface area contributed by atoms with Gasteiger partial charge in [0.05, 0.1) is 16.7 Å². The minimum absolute atomic E-state index is 0.488. The van der Waals surface area contributed by atoms with Crippen LogP contribution in [-0.4, -0.2) is 29.5 Å². The molecular formula is C49H33N7. The first-order chi connectivity index (χ1) is 27.8. The fraction of sp³-hybridized carbons (Fsp3) is 0. The van der Waals surface area contributed by atoms with E-state index in [1.54, 1.807) is 0 Å². The molecule has 0 amide bonds. The van der Waals surface area contributed by atoms with Gasteiger partial charge in [-0.1, -0.05) is 127 Å². The predicted molar refractivity (Wildman–Crippen MR) is 226 cm³/mol. The Kier molecular flexibility index (Phi) is 8.35. The maximum Gasteiger partial charge on any atom is 0.183 e. The highest BCUT2D eigenvalue weighted by Crippen LogP contribution is 2.42. The smallest absolute Gasteiger partial charge is 0.183 e. The van der Waals surface area contributed by atoms with Gasteiger partial charge in [0, 0.05) is 62.6 Å². The van der Waals surface area contributed by atoms with E-state index in [4.69, 9.17) is 24.9 Å². The molecule has 0 aliphatic rings. The summed E-state index contributed by atoms with van der Waals surface area (Å²) in [5.41, 5.74) is 10.5. The van der Waals surface area contributed by atoms with Crippen molar-refractivity contribution in [2.45, 2.75) is 0 Å². The quantitative estimate of drug-likeness (QED) is 0.156. The van der Waals surface area contributed by atoms with Crippen LogP contribution in [0.2, 0.25) is 0 Å². The molecule has 0 saturated carbocycles. The molecule has 6 aromatic carbocycles. The molecule has 0 spiro atoms. The van der Waals surface area contributed by atoms with Gasteiger partial charge in [0.2, 0.25) is 0 Å². The summed E-state index contributed by atoms with van der Waals surface area (Å²) >= 11 is 0. The van der Waals surface area contributed by atoms with E-state index in [0.29, 0.717) is 23.2 Å². The molecular weight excluding hydrogens is 687 g/mol. The van der Waals surface area contributed by atoms with Gasteiger partial charge in [0.15, 0.2) is 17.5 Å². The number of benzene rings is 6. The van der Waals surface area contributed by atoms with E-state index in [1.807, 2.05) is 91.3 Å². The van der Waals surface area contributed by atoms with E-state index < -0.39 is 0 Å². The second-order valence-electron chi connectivity index (χ2n) is 13.4. The van der Waals surface area contributed by atoms with Crippen LogP contribution in [0.5, 0.6) is 0 Å². The van der Waals surface area contributed by atoms with Gasteiger partial charge in [-0.15, -0.1) is 0 Å². The van der Waals surface area contributed by atoms with Crippen molar-refractivity contribution in [1.29, 1.82) is 0 Å². The van der Waals surface area contributed by atoms with Crippen LogP contribution in [0.4, 0.5) is 17.1 Å². The lowest BCUT2D eigenvalue weighted by Crippen LogP contribution is -2.09. The Labute approximate surface area is 323 Å². The number of pyridine rings is 2. The Hall–Kier alpha value is -7.77. The highest BCUT2D eigenvalue weighted by Gasteiger charge is 2.24.